The number of nitrogens with one attached hydrogen (secondary N) is 1. The van der Waals surface area contributed by atoms with Crippen LogP contribution in [0.1, 0.15) is 57.2 Å². The van der Waals surface area contributed by atoms with E-state index in [-0.39, 0.29) is 18.2 Å². The average molecular weight is 436 g/mol. The van der Waals surface area contributed by atoms with Gasteiger partial charge in [-0.25, -0.2) is 4.79 Å². The van der Waals surface area contributed by atoms with Crippen LogP contribution in [-0.2, 0) is 9.59 Å². The van der Waals surface area contributed by atoms with Gasteiger partial charge in [-0.05, 0) is 28.7 Å². The Kier molecular flexibility index (Phi) is 7.70. The summed E-state index contributed by atoms with van der Waals surface area (Å²) in [6.07, 6.45) is 1.81. The van der Waals surface area contributed by atoms with Crippen molar-refractivity contribution in [3.05, 3.63) is 65.7 Å². The number of amides is 1. The summed E-state index contributed by atoms with van der Waals surface area (Å²) in [5.41, 5.74) is 2.26. The van der Waals surface area contributed by atoms with Gasteiger partial charge in [0.2, 0.25) is 11.7 Å². The van der Waals surface area contributed by atoms with Crippen molar-refractivity contribution in [2.45, 2.75) is 52.1 Å². The molecule has 0 bridgehead atoms. The lowest BCUT2D eigenvalue weighted by molar-refractivity contribution is -0.154. The molecule has 3 rings (SSSR count). The summed E-state index contributed by atoms with van der Waals surface area (Å²) >= 11 is 0. The van der Waals surface area contributed by atoms with Gasteiger partial charge in [-0.3, -0.25) is 4.79 Å². The zero-order valence-corrected chi connectivity index (χ0v) is 18.6. The van der Waals surface area contributed by atoms with Gasteiger partial charge in [0.05, 0.1) is 6.04 Å². The number of aromatic amines is 1. The van der Waals surface area contributed by atoms with Crippen molar-refractivity contribution >= 4 is 11.9 Å². The highest BCUT2D eigenvalue weighted by Gasteiger charge is 2.39. The lowest BCUT2D eigenvalue weighted by atomic mass is 9.89. The smallest absolute Gasteiger partial charge is 0.326 e. The molecule has 3 aromatic rings. The summed E-state index contributed by atoms with van der Waals surface area (Å²) in [5, 5.41) is 24.5. The average Bonchev–Trinajstić information content (AvgIpc) is 3.32. The minimum atomic E-state index is -1.03. The monoisotopic (exact) mass is 435 g/mol. The van der Waals surface area contributed by atoms with E-state index in [0.29, 0.717) is 17.8 Å². The van der Waals surface area contributed by atoms with E-state index < -0.39 is 18.1 Å². The maximum atomic E-state index is 13.6. The largest absolute Gasteiger partial charge is 0.480 e. The van der Waals surface area contributed by atoms with E-state index in [1.54, 1.807) is 0 Å². The van der Waals surface area contributed by atoms with Crippen LogP contribution in [0.15, 0.2) is 54.6 Å². The zero-order chi connectivity index (χ0) is 23.1. The Morgan fingerprint density at radius 1 is 1.06 bits per heavy atom. The van der Waals surface area contributed by atoms with Crippen LogP contribution >= 0.6 is 0 Å². The predicted molar refractivity (Wildman–Crippen MR) is 121 cm³/mol. The molecule has 0 spiro atoms. The molecule has 32 heavy (non-hydrogen) atoms. The Balaban J connectivity index is 2.26. The van der Waals surface area contributed by atoms with Crippen LogP contribution in [0.3, 0.4) is 0 Å². The second-order valence-electron chi connectivity index (χ2n) is 8.07. The Morgan fingerprint density at radius 3 is 2.34 bits per heavy atom. The van der Waals surface area contributed by atoms with Gasteiger partial charge in [0, 0.05) is 12.0 Å². The molecule has 0 aliphatic heterocycles. The number of carbonyl (C=O) groups excluding carboxylic acids is 1. The van der Waals surface area contributed by atoms with Crippen molar-refractivity contribution in [2.75, 3.05) is 0 Å². The lowest BCUT2D eigenvalue weighted by Crippen LogP contribution is -2.50. The van der Waals surface area contributed by atoms with Crippen LogP contribution in [0.25, 0.3) is 11.4 Å². The van der Waals surface area contributed by atoms with E-state index in [1.165, 1.54) is 4.90 Å². The quantitative estimate of drug-likeness (QED) is 0.496. The zero-order valence-electron chi connectivity index (χ0n) is 18.6. The first-order chi connectivity index (χ1) is 15.5. The molecule has 2 N–H and O–H groups in total. The van der Waals surface area contributed by atoms with Gasteiger partial charge in [-0.1, -0.05) is 81.8 Å². The minimum absolute atomic E-state index is 0.190. The highest BCUT2D eigenvalue weighted by Crippen LogP contribution is 2.37. The molecule has 2 aromatic carbocycles. The van der Waals surface area contributed by atoms with Crippen LogP contribution in [0.4, 0.5) is 0 Å². The Labute approximate surface area is 187 Å². The predicted octanol–water partition coefficient (Wildman–Crippen LogP) is 4.08. The van der Waals surface area contributed by atoms with Crippen LogP contribution in [0.2, 0.25) is 0 Å². The second kappa shape index (κ2) is 10.7. The maximum absolute atomic E-state index is 13.6. The highest BCUT2D eigenvalue weighted by molar-refractivity contribution is 5.85. The van der Waals surface area contributed by atoms with Crippen molar-refractivity contribution < 1.29 is 14.7 Å². The highest BCUT2D eigenvalue weighted by atomic mass is 16.4. The molecular formula is C24H29N5O3. The summed E-state index contributed by atoms with van der Waals surface area (Å²) in [6, 6.07) is 15.4. The number of benzene rings is 2. The van der Waals surface area contributed by atoms with Crippen LogP contribution in [-0.4, -0.2) is 48.5 Å². The van der Waals surface area contributed by atoms with Crippen molar-refractivity contribution in [1.82, 2.24) is 25.5 Å². The number of carboxylic acid groups (broad SMARTS) is 1. The van der Waals surface area contributed by atoms with Crippen LogP contribution in [0, 0.1) is 5.92 Å². The van der Waals surface area contributed by atoms with E-state index in [0.717, 1.165) is 17.5 Å². The molecule has 8 nitrogen and oxygen atoms in total. The van der Waals surface area contributed by atoms with Crippen molar-refractivity contribution in [2.24, 2.45) is 5.92 Å². The van der Waals surface area contributed by atoms with E-state index >= 15 is 0 Å². The fourth-order valence-electron chi connectivity index (χ4n) is 3.98. The molecule has 1 amide bonds. The van der Waals surface area contributed by atoms with Gasteiger partial charge in [0.1, 0.15) is 6.04 Å². The van der Waals surface area contributed by atoms with Crippen LogP contribution in [0.5, 0.6) is 0 Å². The van der Waals surface area contributed by atoms with Gasteiger partial charge >= 0.3 is 5.97 Å². The Hall–Kier alpha value is -3.55. The first-order valence-corrected chi connectivity index (χ1v) is 10.9. The minimum Gasteiger partial charge on any atom is -0.480 e. The van der Waals surface area contributed by atoms with E-state index in [4.69, 9.17) is 0 Å². The van der Waals surface area contributed by atoms with E-state index in [9.17, 15) is 14.7 Å². The van der Waals surface area contributed by atoms with Crippen LogP contribution < -0.4 is 0 Å². The number of carboxylic acids is 1. The summed E-state index contributed by atoms with van der Waals surface area (Å²) in [7, 11) is 0. The molecule has 0 saturated carbocycles. The third kappa shape index (κ3) is 5.01. The van der Waals surface area contributed by atoms with Gasteiger partial charge < -0.3 is 10.0 Å². The van der Waals surface area contributed by atoms with Gasteiger partial charge in [0.15, 0.2) is 0 Å². The van der Waals surface area contributed by atoms with Crippen molar-refractivity contribution in [3.8, 4) is 11.4 Å². The standard InChI is InChI=1S/C24H29N5O3/c1-4-5-15-20(30)29(21(16(2)3)24(31)32)22(17-11-7-6-8-12-17)18-13-9-10-14-19(18)23-25-27-28-26-23/h6-14,16,21-22H,4-5,15H2,1-3H3,(H,31,32)(H,25,26,27,28)/t21-,22-/m0/s1. The number of unbranched alkanes of at least 4 members (excludes halogenated alkanes) is 1. The van der Waals surface area contributed by atoms with Gasteiger partial charge in [-0.2, -0.15) is 5.21 Å². The number of tetrazole rings is 1. The van der Waals surface area contributed by atoms with Crippen molar-refractivity contribution in [1.29, 1.82) is 0 Å². The third-order valence-electron chi connectivity index (χ3n) is 5.45. The molecule has 2 atom stereocenters. The summed E-state index contributed by atoms with van der Waals surface area (Å²) in [5.74, 6) is -1.12. The number of H-pyrrole nitrogens is 1. The first kappa shape index (κ1) is 23.1. The summed E-state index contributed by atoms with van der Waals surface area (Å²) in [6.45, 7) is 5.66. The molecule has 8 heteroatoms. The number of carbonyl (C=O) groups is 2. The van der Waals surface area contributed by atoms with Crippen molar-refractivity contribution in [3.63, 3.8) is 0 Å². The molecule has 0 radical (unpaired) electrons. The number of rotatable bonds is 10. The Bertz CT molecular complexity index is 1020. The molecule has 0 saturated heterocycles. The number of hydrogen-bond donors (Lipinski definition) is 2. The third-order valence-corrected chi connectivity index (χ3v) is 5.45. The normalized spacial score (nSPS) is 13.0. The number of nitrogens with zero attached hydrogens (tertiary/aromatic N) is 4. The fraction of sp³-hybridized carbons (Fsp3) is 0.375. The molecule has 1 aromatic heterocycles. The molecule has 0 aliphatic carbocycles. The molecule has 0 fully saturated rings. The second-order valence-corrected chi connectivity index (χ2v) is 8.07. The summed E-state index contributed by atoms with van der Waals surface area (Å²) in [4.78, 5) is 27.5. The topological polar surface area (TPSA) is 112 Å². The number of aliphatic carboxylic acids is 1. The SMILES string of the molecule is CCCCC(=O)N([C@@H](c1ccccc1)c1ccccc1-c1nn[nH]n1)[C@H](C(=O)O)C(C)C. The summed E-state index contributed by atoms with van der Waals surface area (Å²) < 4.78 is 0. The molecule has 1 heterocycles. The molecular weight excluding hydrogens is 406 g/mol. The number of aromatic nitrogens is 4. The van der Waals surface area contributed by atoms with Gasteiger partial charge in [-0.15, -0.1) is 10.2 Å². The van der Waals surface area contributed by atoms with E-state index in [2.05, 4.69) is 20.6 Å². The first-order valence-electron chi connectivity index (χ1n) is 10.9. The molecule has 0 unspecified atom stereocenters. The van der Waals surface area contributed by atoms with Gasteiger partial charge in [0.25, 0.3) is 0 Å². The molecule has 168 valence electrons. The molecule has 0 aliphatic rings. The maximum Gasteiger partial charge on any atom is 0.326 e. The van der Waals surface area contributed by atoms with E-state index in [1.807, 2.05) is 75.4 Å². The number of hydrogen-bond acceptors (Lipinski definition) is 5. The lowest BCUT2D eigenvalue weighted by Gasteiger charge is -2.39. The Morgan fingerprint density at radius 2 is 1.75 bits per heavy atom. The fourth-order valence-corrected chi connectivity index (χ4v) is 3.98.